The Morgan fingerprint density at radius 2 is 1.79 bits per heavy atom. The monoisotopic (exact) mass is 594 g/mol. The van der Waals surface area contributed by atoms with Crippen LogP contribution in [0.5, 0.6) is 5.75 Å². The minimum atomic E-state index is -0.682. The van der Waals surface area contributed by atoms with Crippen LogP contribution in [0, 0.1) is 0 Å². The van der Waals surface area contributed by atoms with Crippen LogP contribution in [0.1, 0.15) is 36.6 Å². The number of allylic oxidation sites excluding steroid dienone is 1. The molecule has 42 heavy (non-hydrogen) atoms. The van der Waals surface area contributed by atoms with Crippen molar-refractivity contribution in [2.75, 3.05) is 6.61 Å². The second-order valence-electron chi connectivity index (χ2n) is 9.82. The van der Waals surface area contributed by atoms with Crippen molar-refractivity contribution in [2.24, 2.45) is 4.99 Å². The summed E-state index contributed by atoms with van der Waals surface area (Å²) < 4.78 is 13.6. The summed E-state index contributed by atoms with van der Waals surface area (Å²) in [5.74, 6) is 0.180. The fourth-order valence-corrected chi connectivity index (χ4v) is 6.43. The molecule has 0 radical (unpaired) electrons. The summed E-state index contributed by atoms with van der Waals surface area (Å²) in [6.07, 6.45) is 1.83. The first-order chi connectivity index (χ1) is 20.4. The number of esters is 1. The topological polar surface area (TPSA) is 69.9 Å². The molecule has 0 saturated carbocycles. The van der Waals surface area contributed by atoms with Crippen LogP contribution in [0.4, 0.5) is 0 Å². The normalized spacial score (nSPS) is 14.9. The lowest BCUT2D eigenvalue weighted by Gasteiger charge is -2.25. The van der Waals surface area contributed by atoms with E-state index >= 15 is 0 Å². The average molecular weight is 595 g/mol. The summed E-state index contributed by atoms with van der Waals surface area (Å²) in [6.45, 7) is 4.10. The van der Waals surface area contributed by atoms with Crippen LogP contribution in [-0.2, 0) is 16.1 Å². The Bertz CT molecular complexity index is 2040. The molecule has 1 aromatic heterocycles. The molecule has 0 N–H and O–H groups in total. The lowest BCUT2D eigenvalue weighted by atomic mass is 9.91. The molecule has 0 unspecified atom stereocenters. The van der Waals surface area contributed by atoms with Gasteiger partial charge in [0.15, 0.2) is 4.80 Å². The van der Waals surface area contributed by atoms with Crippen LogP contribution >= 0.6 is 22.9 Å². The van der Waals surface area contributed by atoms with Crippen molar-refractivity contribution in [3.63, 3.8) is 0 Å². The van der Waals surface area contributed by atoms with Crippen molar-refractivity contribution in [1.82, 2.24) is 4.57 Å². The summed E-state index contributed by atoms with van der Waals surface area (Å²) >= 11 is 7.57. The predicted molar refractivity (Wildman–Crippen MR) is 167 cm³/mol. The van der Waals surface area contributed by atoms with Gasteiger partial charge in [-0.3, -0.25) is 9.36 Å². The van der Waals surface area contributed by atoms with Crippen molar-refractivity contribution in [2.45, 2.75) is 26.5 Å². The molecular weight excluding hydrogens is 568 g/mol. The third-order valence-corrected chi connectivity index (χ3v) is 8.49. The number of ether oxygens (including phenoxy) is 2. The highest BCUT2D eigenvalue weighted by Crippen LogP contribution is 2.34. The van der Waals surface area contributed by atoms with Crippen molar-refractivity contribution in [3.05, 3.63) is 144 Å². The molecule has 0 bridgehead atoms. The van der Waals surface area contributed by atoms with Crippen LogP contribution in [0.2, 0.25) is 5.02 Å². The zero-order chi connectivity index (χ0) is 29.2. The minimum absolute atomic E-state index is 0.219. The second kappa shape index (κ2) is 11.8. The second-order valence-corrected chi connectivity index (χ2v) is 11.2. The molecule has 210 valence electrons. The Kier molecular flexibility index (Phi) is 7.78. The molecule has 6 rings (SSSR count). The first-order valence-corrected chi connectivity index (χ1v) is 14.8. The Labute approximate surface area is 251 Å². The fourth-order valence-electron chi connectivity index (χ4n) is 5.20. The summed E-state index contributed by atoms with van der Waals surface area (Å²) in [4.78, 5) is 32.6. The van der Waals surface area contributed by atoms with Gasteiger partial charge in [-0.1, -0.05) is 95.7 Å². The molecule has 0 aliphatic carbocycles. The van der Waals surface area contributed by atoms with Crippen LogP contribution < -0.4 is 19.6 Å². The van der Waals surface area contributed by atoms with Gasteiger partial charge >= 0.3 is 5.97 Å². The number of carbonyl (C=O) groups is 1. The maximum absolute atomic E-state index is 14.1. The highest BCUT2D eigenvalue weighted by Gasteiger charge is 2.34. The number of fused-ring (bicyclic) bond motifs is 2. The van der Waals surface area contributed by atoms with E-state index in [1.165, 1.54) is 11.3 Å². The molecule has 5 aromatic rings. The molecule has 0 spiro atoms. The van der Waals surface area contributed by atoms with Gasteiger partial charge in [0.2, 0.25) is 0 Å². The lowest BCUT2D eigenvalue weighted by Crippen LogP contribution is -2.40. The van der Waals surface area contributed by atoms with E-state index in [9.17, 15) is 9.59 Å². The van der Waals surface area contributed by atoms with Gasteiger partial charge in [-0.2, -0.15) is 0 Å². The number of thiazole rings is 1. The first-order valence-electron chi connectivity index (χ1n) is 13.6. The number of carbonyl (C=O) groups excluding carboxylic acids is 1. The summed E-state index contributed by atoms with van der Waals surface area (Å²) in [6, 6.07) is 28.3. The zero-order valence-electron chi connectivity index (χ0n) is 23.0. The Morgan fingerprint density at radius 3 is 2.62 bits per heavy atom. The van der Waals surface area contributed by atoms with E-state index in [0.717, 1.165) is 27.5 Å². The maximum atomic E-state index is 14.1. The molecule has 8 heteroatoms. The third kappa shape index (κ3) is 5.29. The molecule has 0 fully saturated rings. The highest BCUT2D eigenvalue weighted by molar-refractivity contribution is 7.07. The molecule has 6 nitrogen and oxygen atoms in total. The molecule has 0 amide bonds. The molecule has 1 aliphatic rings. The van der Waals surface area contributed by atoms with Crippen LogP contribution in [0.15, 0.2) is 112 Å². The molecular formula is C34H27ClN2O4S. The average Bonchev–Trinajstić information content (AvgIpc) is 3.29. The van der Waals surface area contributed by atoms with Gasteiger partial charge in [0, 0.05) is 10.6 Å². The van der Waals surface area contributed by atoms with Gasteiger partial charge < -0.3 is 9.47 Å². The molecule has 1 aliphatic heterocycles. The molecule has 4 aromatic carbocycles. The van der Waals surface area contributed by atoms with E-state index in [4.69, 9.17) is 26.1 Å². The van der Waals surface area contributed by atoms with Crippen molar-refractivity contribution < 1.29 is 14.3 Å². The third-order valence-electron chi connectivity index (χ3n) is 7.14. The van der Waals surface area contributed by atoms with Crippen molar-refractivity contribution in [1.29, 1.82) is 0 Å². The van der Waals surface area contributed by atoms with E-state index < -0.39 is 12.0 Å². The predicted octanol–water partition coefficient (Wildman–Crippen LogP) is 6.18. The van der Waals surface area contributed by atoms with E-state index in [0.29, 0.717) is 38.0 Å². The van der Waals surface area contributed by atoms with E-state index in [-0.39, 0.29) is 12.2 Å². The van der Waals surface area contributed by atoms with Gasteiger partial charge in [0.05, 0.1) is 28.5 Å². The van der Waals surface area contributed by atoms with E-state index in [1.807, 2.05) is 97.1 Å². The summed E-state index contributed by atoms with van der Waals surface area (Å²) in [5, 5.41) is 2.62. The van der Waals surface area contributed by atoms with Gasteiger partial charge in [-0.25, -0.2) is 9.79 Å². The van der Waals surface area contributed by atoms with Crippen LogP contribution in [-0.4, -0.2) is 17.1 Å². The molecule has 2 heterocycles. The molecule has 0 saturated heterocycles. The SMILES string of the molecule is CCOC(=O)C1=C(C)N=c2s/c(=C\c3cccc(OCc4ccccc4Cl)c3)c(=O)n2[C@H]1c1cccc2ccccc12. The number of benzene rings is 4. The smallest absolute Gasteiger partial charge is 0.338 e. The van der Waals surface area contributed by atoms with Gasteiger partial charge in [-0.15, -0.1) is 0 Å². The Hall–Kier alpha value is -4.46. The largest absolute Gasteiger partial charge is 0.489 e. The number of rotatable bonds is 7. The van der Waals surface area contributed by atoms with E-state index in [2.05, 4.69) is 0 Å². The zero-order valence-corrected chi connectivity index (χ0v) is 24.6. The number of hydrogen-bond acceptors (Lipinski definition) is 6. The lowest BCUT2D eigenvalue weighted by molar-refractivity contribution is -0.139. The molecule has 1 atom stereocenters. The number of aromatic nitrogens is 1. The Morgan fingerprint density at radius 1 is 1.02 bits per heavy atom. The number of nitrogens with zero attached hydrogens (tertiary/aromatic N) is 2. The first kappa shape index (κ1) is 27.7. The van der Waals surface area contributed by atoms with Gasteiger partial charge in [-0.05, 0) is 60.0 Å². The minimum Gasteiger partial charge on any atom is -0.489 e. The van der Waals surface area contributed by atoms with Crippen molar-refractivity contribution >= 4 is 45.8 Å². The standard InChI is InChI=1S/C34H27ClN2O4S/c1-3-40-33(39)30-21(2)36-34-37(31(30)27-16-9-13-23-11-4-6-15-26(23)27)32(38)29(42-34)19-22-10-8-14-25(18-22)41-20-24-12-5-7-17-28(24)35/h4-19,31H,3,20H2,1-2H3/b29-19-/t31-/m0/s1. The van der Waals surface area contributed by atoms with E-state index in [1.54, 1.807) is 18.4 Å². The van der Waals surface area contributed by atoms with Gasteiger partial charge in [0.1, 0.15) is 12.4 Å². The fraction of sp³-hybridized carbons (Fsp3) is 0.147. The van der Waals surface area contributed by atoms with Crippen molar-refractivity contribution in [3.8, 4) is 5.75 Å². The Balaban J connectivity index is 1.45. The number of halogens is 1. The van der Waals surface area contributed by atoms with Crippen LogP contribution in [0.3, 0.4) is 0 Å². The summed E-state index contributed by atoms with van der Waals surface area (Å²) in [7, 11) is 0. The summed E-state index contributed by atoms with van der Waals surface area (Å²) in [5.41, 5.74) is 3.21. The quantitative estimate of drug-likeness (QED) is 0.211. The van der Waals surface area contributed by atoms with Crippen LogP contribution in [0.25, 0.3) is 16.8 Å². The number of hydrogen-bond donors (Lipinski definition) is 0. The highest BCUT2D eigenvalue weighted by atomic mass is 35.5. The maximum Gasteiger partial charge on any atom is 0.338 e. The van der Waals surface area contributed by atoms with Gasteiger partial charge in [0.25, 0.3) is 5.56 Å².